The molecule has 2 rings (SSSR count). The lowest BCUT2D eigenvalue weighted by molar-refractivity contribution is 0.424. The number of hydrogen-bond acceptors (Lipinski definition) is 3. The molecule has 0 amide bonds. The number of nitrogens with zero attached hydrogens (tertiary/aromatic N) is 2. The van der Waals surface area contributed by atoms with Crippen molar-refractivity contribution in [2.75, 3.05) is 11.4 Å². The molecule has 1 aromatic rings. The fraction of sp³-hybridized carbons (Fsp3) is 0.722. The molecule has 1 aliphatic heterocycles. The van der Waals surface area contributed by atoms with Crippen molar-refractivity contribution in [3.05, 3.63) is 23.9 Å². The third-order valence-corrected chi connectivity index (χ3v) is 4.27. The van der Waals surface area contributed by atoms with Gasteiger partial charge in [-0.25, -0.2) is 4.98 Å². The molecule has 2 heterocycles. The molecule has 0 aliphatic carbocycles. The van der Waals surface area contributed by atoms with Gasteiger partial charge in [0.05, 0.1) is 0 Å². The summed E-state index contributed by atoms with van der Waals surface area (Å²) in [5.74, 6) is 1.16. The van der Waals surface area contributed by atoms with Crippen LogP contribution in [0.2, 0.25) is 0 Å². The van der Waals surface area contributed by atoms with Gasteiger partial charge in [-0.05, 0) is 51.7 Å². The smallest absolute Gasteiger partial charge is 0.128 e. The molecule has 1 aromatic heterocycles. The minimum Gasteiger partial charge on any atom is -0.354 e. The maximum absolute atomic E-state index is 4.73. The molecule has 0 radical (unpaired) electrons. The molecule has 0 spiro atoms. The Kier molecular flexibility index (Phi) is 5.63. The molecule has 1 atom stereocenters. The van der Waals surface area contributed by atoms with Gasteiger partial charge in [0.2, 0.25) is 0 Å². The normalized spacial score (nSPS) is 20.4. The number of pyridine rings is 1. The maximum atomic E-state index is 4.73. The average molecular weight is 289 g/mol. The molecule has 3 heteroatoms. The zero-order valence-electron chi connectivity index (χ0n) is 14.2. The lowest BCUT2D eigenvalue weighted by Gasteiger charge is -2.30. The lowest BCUT2D eigenvalue weighted by Crippen LogP contribution is -2.36. The van der Waals surface area contributed by atoms with Crippen LogP contribution < -0.4 is 10.2 Å². The minimum absolute atomic E-state index is 0.150. The van der Waals surface area contributed by atoms with Gasteiger partial charge in [0.25, 0.3) is 0 Å². The molecule has 21 heavy (non-hydrogen) atoms. The second-order valence-electron chi connectivity index (χ2n) is 7.23. The van der Waals surface area contributed by atoms with Gasteiger partial charge in [0, 0.05) is 30.9 Å². The standard InChI is InChI=1S/C18H31N3/c1-5-16-9-7-6-8-12-21(16)17-11-10-15(13-19-17)14-20-18(2,3)4/h10-11,13,16,20H,5-9,12,14H2,1-4H3. The Morgan fingerprint density at radius 2 is 2.05 bits per heavy atom. The van der Waals surface area contributed by atoms with E-state index in [1.165, 1.54) is 37.7 Å². The highest BCUT2D eigenvalue weighted by Gasteiger charge is 2.20. The SMILES string of the molecule is CCC1CCCCCN1c1ccc(CNC(C)(C)C)cn1. The Balaban J connectivity index is 2.03. The highest BCUT2D eigenvalue weighted by molar-refractivity contribution is 5.40. The fourth-order valence-corrected chi connectivity index (χ4v) is 2.96. The molecule has 1 N–H and O–H groups in total. The summed E-state index contributed by atoms with van der Waals surface area (Å²) in [5, 5.41) is 3.51. The molecular formula is C18H31N3. The molecule has 1 fully saturated rings. The van der Waals surface area contributed by atoms with Gasteiger partial charge in [-0.2, -0.15) is 0 Å². The van der Waals surface area contributed by atoms with Gasteiger partial charge in [-0.15, -0.1) is 0 Å². The second-order valence-corrected chi connectivity index (χ2v) is 7.23. The van der Waals surface area contributed by atoms with E-state index >= 15 is 0 Å². The maximum Gasteiger partial charge on any atom is 0.128 e. The van der Waals surface area contributed by atoms with Crippen molar-refractivity contribution in [1.82, 2.24) is 10.3 Å². The molecule has 118 valence electrons. The Labute approximate surface area is 130 Å². The highest BCUT2D eigenvalue weighted by Crippen LogP contribution is 2.24. The van der Waals surface area contributed by atoms with Crippen molar-refractivity contribution in [1.29, 1.82) is 0 Å². The van der Waals surface area contributed by atoms with Crippen molar-refractivity contribution in [3.63, 3.8) is 0 Å². The first-order chi connectivity index (χ1) is 9.99. The summed E-state index contributed by atoms with van der Waals surface area (Å²) in [6.45, 7) is 10.9. The van der Waals surface area contributed by atoms with Crippen molar-refractivity contribution in [3.8, 4) is 0 Å². The summed E-state index contributed by atoms with van der Waals surface area (Å²) in [6, 6.07) is 5.09. The summed E-state index contributed by atoms with van der Waals surface area (Å²) in [7, 11) is 0. The van der Waals surface area contributed by atoms with Gasteiger partial charge in [-0.3, -0.25) is 0 Å². The van der Waals surface area contributed by atoms with Gasteiger partial charge in [-0.1, -0.05) is 25.8 Å². The minimum atomic E-state index is 0.150. The van der Waals surface area contributed by atoms with Crippen LogP contribution in [0.4, 0.5) is 5.82 Å². The van der Waals surface area contributed by atoms with E-state index in [0.29, 0.717) is 6.04 Å². The van der Waals surface area contributed by atoms with Crippen LogP contribution in [0.5, 0.6) is 0 Å². The molecule has 0 bridgehead atoms. The molecule has 1 unspecified atom stereocenters. The van der Waals surface area contributed by atoms with Crippen molar-refractivity contribution < 1.29 is 0 Å². The second kappa shape index (κ2) is 7.26. The van der Waals surface area contributed by atoms with E-state index in [9.17, 15) is 0 Å². The van der Waals surface area contributed by atoms with Crippen molar-refractivity contribution in [2.24, 2.45) is 0 Å². The first-order valence-corrected chi connectivity index (χ1v) is 8.46. The summed E-state index contributed by atoms with van der Waals surface area (Å²) in [4.78, 5) is 7.25. The Hall–Kier alpha value is -1.09. The lowest BCUT2D eigenvalue weighted by atomic mass is 10.1. The van der Waals surface area contributed by atoms with E-state index in [4.69, 9.17) is 4.98 Å². The van der Waals surface area contributed by atoms with E-state index in [0.717, 1.165) is 18.9 Å². The Bertz CT molecular complexity index is 419. The van der Waals surface area contributed by atoms with E-state index < -0.39 is 0 Å². The topological polar surface area (TPSA) is 28.2 Å². The first kappa shape index (κ1) is 16.3. The predicted octanol–water partition coefficient (Wildman–Crippen LogP) is 4.13. The molecule has 0 aromatic carbocycles. The van der Waals surface area contributed by atoms with Crippen LogP contribution in [0.3, 0.4) is 0 Å². The summed E-state index contributed by atoms with van der Waals surface area (Å²) < 4.78 is 0. The summed E-state index contributed by atoms with van der Waals surface area (Å²) >= 11 is 0. The van der Waals surface area contributed by atoms with E-state index in [1.54, 1.807) is 0 Å². The average Bonchev–Trinajstić information content (AvgIpc) is 2.70. The van der Waals surface area contributed by atoms with Crippen LogP contribution in [0, 0.1) is 0 Å². The highest BCUT2D eigenvalue weighted by atomic mass is 15.2. The largest absolute Gasteiger partial charge is 0.354 e. The molecular weight excluding hydrogens is 258 g/mol. The molecule has 0 saturated carbocycles. The number of anilines is 1. The van der Waals surface area contributed by atoms with E-state index in [1.807, 2.05) is 6.20 Å². The number of nitrogens with one attached hydrogen (secondary N) is 1. The van der Waals surface area contributed by atoms with Crippen LogP contribution in [0.15, 0.2) is 18.3 Å². The van der Waals surface area contributed by atoms with Crippen LogP contribution >= 0.6 is 0 Å². The van der Waals surface area contributed by atoms with E-state index in [2.05, 4.69) is 50.0 Å². The first-order valence-electron chi connectivity index (χ1n) is 8.46. The quantitative estimate of drug-likeness (QED) is 0.903. The number of aromatic nitrogens is 1. The van der Waals surface area contributed by atoms with E-state index in [-0.39, 0.29) is 5.54 Å². The van der Waals surface area contributed by atoms with Crippen molar-refractivity contribution >= 4 is 5.82 Å². The molecule has 1 aliphatic rings. The van der Waals surface area contributed by atoms with Gasteiger partial charge in [0.1, 0.15) is 5.82 Å². The molecule has 3 nitrogen and oxygen atoms in total. The zero-order valence-corrected chi connectivity index (χ0v) is 14.2. The zero-order chi connectivity index (χ0) is 15.3. The predicted molar refractivity (Wildman–Crippen MR) is 90.7 cm³/mol. The summed E-state index contributed by atoms with van der Waals surface area (Å²) in [5.41, 5.74) is 1.41. The van der Waals surface area contributed by atoms with Gasteiger partial charge in [0.15, 0.2) is 0 Å². The van der Waals surface area contributed by atoms with Crippen molar-refractivity contribution in [2.45, 2.75) is 77.9 Å². The van der Waals surface area contributed by atoms with Crippen LogP contribution in [0.1, 0.15) is 65.4 Å². The Morgan fingerprint density at radius 3 is 2.67 bits per heavy atom. The van der Waals surface area contributed by atoms with Crippen LogP contribution in [-0.2, 0) is 6.54 Å². The number of rotatable bonds is 4. The van der Waals surface area contributed by atoms with Gasteiger partial charge >= 0.3 is 0 Å². The summed E-state index contributed by atoms with van der Waals surface area (Å²) in [6.07, 6.45) is 8.58. The third-order valence-electron chi connectivity index (χ3n) is 4.27. The van der Waals surface area contributed by atoms with Crippen LogP contribution in [0.25, 0.3) is 0 Å². The number of hydrogen-bond donors (Lipinski definition) is 1. The molecule has 1 saturated heterocycles. The fourth-order valence-electron chi connectivity index (χ4n) is 2.96. The monoisotopic (exact) mass is 289 g/mol. The Morgan fingerprint density at radius 1 is 1.24 bits per heavy atom. The third kappa shape index (κ3) is 4.99. The van der Waals surface area contributed by atoms with Gasteiger partial charge < -0.3 is 10.2 Å². The van der Waals surface area contributed by atoms with Crippen LogP contribution in [-0.4, -0.2) is 23.1 Å².